The second kappa shape index (κ2) is 9.22. The van der Waals surface area contributed by atoms with E-state index < -0.39 is 0 Å². The maximum atomic E-state index is 12.5. The van der Waals surface area contributed by atoms with Crippen LogP contribution in [0.1, 0.15) is 18.4 Å². The molecule has 1 amide bonds. The van der Waals surface area contributed by atoms with Crippen molar-refractivity contribution in [2.75, 3.05) is 25.1 Å². The summed E-state index contributed by atoms with van der Waals surface area (Å²) in [5, 5.41) is 11.5. The normalized spacial score (nSPS) is 16.3. The zero-order valence-electron chi connectivity index (χ0n) is 16.9. The van der Waals surface area contributed by atoms with E-state index in [1.165, 1.54) is 0 Å². The van der Waals surface area contributed by atoms with Gasteiger partial charge in [0, 0.05) is 30.2 Å². The Hall–Kier alpha value is -2.99. The number of hydrogen-bond donors (Lipinski definition) is 2. The summed E-state index contributed by atoms with van der Waals surface area (Å²) in [4.78, 5) is 14.8. The number of aromatic nitrogens is 2. The largest absolute Gasteiger partial charge is 0.497 e. The molecule has 1 aliphatic rings. The van der Waals surface area contributed by atoms with Gasteiger partial charge in [-0.2, -0.15) is 5.10 Å². The molecule has 0 bridgehead atoms. The zero-order valence-corrected chi connectivity index (χ0v) is 17.7. The van der Waals surface area contributed by atoms with Gasteiger partial charge in [-0.25, -0.2) is 0 Å². The third-order valence-electron chi connectivity index (χ3n) is 5.33. The first-order valence-electron chi connectivity index (χ1n) is 10.1. The van der Waals surface area contributed by atoms with Crippen LogP contribution in [0.2, 0.25) is 5.02 Å². The molecule has 0 saturated carbocycles. The highest BCUT2D eigenvalue weighted by Gasteiger charge is 2.23. The Labute approximate surface area is 181 Å². The number of amides is 1. The van der Waals surface area contributed by atoms with Crippen LogP contribution in [0, 0.1) is 0 Å². The number of halogens is 1. The highest BCUT2D eigenvalue weighted by atomic mass is 35.5. The molecule has 2 N–H and O–H groups in total. The van der Waals surface area contributed by atoms with Crippen molar-refractivity contribution in [1.82, 2.24) is 15.5 Å². The van der Waals surface area contributed by atoms with Crippen LogP contribution >= 0.6 is 11.6 Å². The molecule has 1 saturated heterocycles. The van der Waals surface area contributed by atoms with Gasteiger partial charge in [-0.1, -0.05) is 35.9 Å². The molecule has 3 aromatic rings. The van der Waals surface area contributed by atoms with Crippen LogP contribution in [0.3, 0.4) is 0 Å². The van der Waals surface area contributed by atoms with Gasteiger partial charge in [-0.05, 0) is 48.2 Å². The van der Waals surface area contributed by atoms with Crippen LogP contribution in [0.4, 0.5) is 5.82 Å². The molecule has 1 atom stereocenters. The molecule has 30 heavy (non-hydrogen) atoms. The standard InChI is InChI=1S/C23H25ClN4O2/c1-30-20-6-2-4-16(12-20)13-23(29)25-19-5-3-11-28(15-19)22-14-21(26-27-22)17-7-9-18(24)10-8-17/h2,4,6-10,12,14,19H,3,5,11,13,15H2,1H3,(H,25,29)(H,26,27)/t19-/m1/s1. The summed E-state index contributed by atoms with van der Waals surface area (Å²) in [6.45, 7) is 1.67. The fourth-order valence-electron chi connectivity index (χ4n) is 3.80. The Morgan fingerprint density at radius 2 is 2.10 bits per heavy atom. The van der Waals surface area contributed by atoms with Crippen LogP contribution in [-0.4, -0.2) is 42.3 Å². The van der Waals surface area contributed by atoms with Gasteiger partial charge in [0.25, 0.3) is 0 Å². The molecule has 0 unspecified atom stereocenters. The topological polar surface area (TPSA) is 70.2 Å². The first kappa shape index (κ1) is 20.3. The molecule has 0 spiro atoms. The molecule has 0 radical (unpaired) electrons. The van der Waals surface area contributed by atoms with Crippen LogP contribution in [-0.2, 0) is 11.2 Å². The van der Waals surface area contributed by atoms with Crippen molar-refractivity contribution in [3.63, 3.8) is 0 Å². The minimum absolute atomic E-state index is 0.0268. The van der Waals surface area contributed by atoms with Crippen molar-refractivity contribution in [1.29, 1.82) is 0 Å². The quantitative estimate of drug-likeness (QED) is 0.625. The van der Waals surface area contributed by atoms with Crippen LogP contribution in [0.15, 0.2) is 54.6 Å². The van der Waals surface area contributed by atoms with Crippen LogP contribution in [0.5, 0.6) is 5.75 Å². The fraction of sp³-hybridized carbons (Fsp3) is 0.304. The first-order chi connectivity index (χ1) is 14.6. The summed E-state index contributed by atoms with van der Waals surface area (Å²) in [6, 6.07) is 17.4. The van der Waals surface area contributed by atoms with Crippen molar-refractivity contribution >= 4 is 23.3 Å². The number of carbonyl (C=O) groups is 1. The van der Waals surface area contributed by atoms with Crippen molar-refractivity contribution in [3.05, 3.63) is 65.2 Å². The lowest BCUT2D eigenvalue weighted by molar-refractivity contribution is -0.121. The monoisotopic (exact) mass is 424 g/mol. The molecule has 2 heterocycles. The lowest BCUT2D eigenvalue weighted by Crippen LogP contribution is -2.48. The highest BCUT2D eigenvalue weighted by molar-refractivity contribution is 6.30. The van der Waals surface area contributed by atoms with Gasteiger partial charge in [0.2, 0.25) is 5.91 Å². The number of nitrogens with zero attached hydrogens (tertiary/aromatic N) is 2. The Bertz CT molecular complexity index is 1000. The average molecular weight is 425 g/mol. The van der Waals surface area contributed by atoms with E-state index >= 15 is 0 Å². The lowest BCUT2D eigenvalue weighted by atomic mass is 10.0. The van der Waals surface area contributed by atoms with E-state index in [0.717, 1.165) is 54.3 Å². The average Bonchev–Trinajstić information content (AvgIpc) is 3.25. The number of rotatable bonds is 6. The third-order valence-corrected chi connectivity index (χ3v) is 5.58. The van der Waals surface area contributed by atoms with Crippen molar-refractivity contribution in [3.8, 4) is 17.0 Å². The van der Waals surface area contributed by atoms with Crippen LogP contribution in [0.25, 0.3) is 11.3 Å². The summed E-state index contributed by atoms with van der Waals surface area (Å²) < 4.78 is 5.23. The number of carbonyl (C=O) groups excluding carboxylic acids is 1. The smallest absolute Gasteiger partial charge is 0.224 e. The molecule has 6 nitrogen and oxygen atoms in total. The van der Waals surface area contributed by atoms with Gasteiger partial charge in [-0.3, -0.25) is 9.89 Å². The third kappa shape index (κ3) is 4.94. The van der Waals surface area contributed by atoms with Gasteiger partial charge in [-0.15, -0.1) is 0 Å². The molecule has 7 heteroatoms. The molecule has 1 aromatic heterocycles. The summed E-state index contributed by atoms with van der Waals surface area (Å²) in [5.41, 5.74) is 2.93. The minimum Gasteiger partial charge on any atom is -0.497 e. The van der Waals surface area contributed by atoms with Crippen molar-refractivity contribution < 1.29 is 9.53 Å². The molecule has 4 rings (SSSR count). The number of H-pyrrole nitrogens is 1. The number of anilines is 1. The predicted molar refractivity (Wildman–Crippen MR) is 119 cm³/mol. The Balaban J connectivity index is 1.36. The molecular formula is C23H25ClN4O2. The number of ether oxygens (including phenoxy) is 1. The highest BCUT2D eigenvalue weighted by Crippen LogP contribution is 2.25. The molecule has 1 aliphatic heterocycles. The second-order valence-electron chi connectivity index (χ2n) is 7.53. The number of nitrogens with one attached hydrogen (secondary N) is 2. The molecular weight excluding hydrogens is 400 g/mol. The van der Waals surface area contributed by atoms with Gasteiger partial charge in [0.05, 0.1) is 19.2 Å². The van der Waals surface area contributed by atoms with E-state index in [2.05, 4.69) is 20.4 Å². The van der Waals surface area contributed by atoms with Gasteiger partial charge in [0.15, 0.2) is 5.82 Å². The van der Waals surface area contributed by atoms with E-state index in [9.17, 15) is 4.79 Å². The predicted octanol–water partition coefficient (Wildman–Crippen LogP) is 4.07. The Morgan fingerprint density at radius 1 is 1.27 bits per heavy atom. The fourth-order valence-corrected chi connectivity index (χ4v) is 3.93. The summed E-state index contributed by atoms with van der Waals surface area (Å²) in [6.07, 6.45) is 2.32. The molecule has 2 aromatic carbocycles. The maximum Gasteiger partial charge on any atom is 0.224 e. The SMILES string of the molecule is COc1cccc(CC(=O)N[C@@H]2CCCN(c3cc(-c4ccc(Cl)cc4)[nH]n3)C2)c1. The van der Waals surface area contributed by atoms with Gasteiger partial charge in [0.1, 0.15) is 5.75 Å². The number of hydrogen-bond acceptors (Lipinski definition) is 4. The van der Waals surface area contributed by atoms with Gasteiger partial charge >= 0.3 is 0 Å². The number of piperidine rings is 1. The Morgan fingerprint density at radius 3 is 2.90 bits per heavy atom. The summed E-state index contributed by atoms with van der Waals surface area (Å²) in [5.74, 6) is 1.69. The van der Waals surface area contributed by atoms with Crippen molar-refractivity contribution in [2.24, 2.45) is 0 Å². The Kier molecular flexibility index (Phi) is 6.23. The summed E-state index contributed by atoms with van der Waals surface area (Å²) >= 11 is 5.98. The minimum atomic E-state index is 0.0268. The number of aromatic amines is 1. The number of methoxy groups -OCH3 is 1. The zero-order chi connectivity index (χ0) is 20.9. The van der Waals surface area contributed by atoms with E-state index in [0.29, 0.717) is 11.4 Å². The molecule has 1 fully saturated rings. The second-order valence-corrected chi connectivity index (χ2v) is 7.96. The molecule has 0 aliphatic carbocycles. The van der Waals surface area contributed by atoms with E-state index in [1.807, 2.05) is 54.6 Å². The maximum absolute atomic E-state index is 12.5. The first-order valence-corrected chi connectivity index (χ1v) is 10.5. The van der Waals surface area contributed by atoms with Gasteiger partial charge < -0.3 is 15.0 Å². The summed E-state index contributed by atoms with van der Waals surface area (Å²) in [7, 11) is 1.63. The van der Waals surface area contributed by atoms with Crippen molar-refractivity contribution in [2.45, 2.75) is 25.3 Å². The van der Waals surface area contributed by atoms with Crippen LogP contribution < -0.4 is 15.0 Å². The van der Waals surface area contributed by atoms with E-state index in [1.54, 1.807) is 7.11 Å². The van der Waals surface area contributed by atoms with E-state index in [-0.39, 0.29) is 11.9 Å². The lowest BCUT2D eigenvalue weighted by Gasteiger charge is -2.33. The number of benzene rings is 2. The van der Waals surface area contributed by atoms with E-state index in [4.69, 9.17) is 16.3 Å². The molecule has 156 valence electrons.